The van der Waals surface area contributed by atoms with Crippen LogP contribution in [0.4, 0.5) is 4.79 Å². The number of carboxylic acid groups (broad SMARTS) is 1. The topological polar surface area (TPSA) is 123 Å². The number of ether oxygens (including phenoxy) is 3. The Kier molecular flexibility index (Phi) is 8.02. The molecule has 3 N–H and O–H groups in total. The third-order valence-electron chi connectivity index (χ3n) is 5.69. The van der Waals surface area contributed by atoms with E-state index in [1.165, 1.54) is 14.2 Å². The second-order valence-electron chi connectivity index (χ2n) is 7.74. The van der Waals surface area contributed by atoms with Crippen molar-refractivity contribution in [3.63, 3.8) is 0 Å². The highest BCUT2D eigenvalue weighted by molar-refractivity contribution is 5.89. The number of carboxylic acids is 1. The lowest BCUT2D eigenvalue weighted by Gasteiger charge is -2.25. The number of hydrogen-bond donors (Lipinski definition) is 3. The van der Waals surface area contributed by atoms with E-state index < -0.39 is 36.2 Å². The first-order valence-corrected chi connectivity index (χ1v) is 10.5. The third-order valence-corrected chi connectivity index (χ3v) is 5.69. The molecular formula is C24H28N2O7. The maximum atomic E-state index is 12.7. The van der Waals surface area contributed by atoms with Gasteiger partial charge in [0.25, 0.3) is 0 Å². The number of carbonyl (C=O) groups excluding carboxylic acids is 2. The largest absolute Gasteiger partial charge is 0.480 e. The normalized spacial score (nSPS) is 15.0. The molecule has 3 rings (SSSR count). The molecule has 0 spiro atoms. The molecule has 33 heavy (non-hydrogen) atoms. The van der Waals surface area contributed by atoms with E-state index in [0.717, 1.165) is 22.3 Å². The van der Waals surface area contributed by atoms with E-state index in [0.29, 0.717) is 0 Å². The number of rotatable bonds is 10. The predicted molar refractivity (Wildman–Crippen MR) is 120 cm³/mol. The number of carbonyl (C=O) groups is 3. The molecule has 0 fully saturated rings. The van der Waals surface area contributed by atoms with Gasteiger partial charge in [-0.05, 0) is 29.2 Å². The molecule has 0 aromatic heterocycles. The molecule has 2 aromatic carbocycles. The number of nitrogens with one attached hydrogen (secondary N) is 2. The molecule has 9 nitrogen and oxygen atoms in total. The van der Waals surface area contributed by atoms with Crippen LogP contribution in [0, 0.1) is 0 Å². The van der Waals surface area contributed by atoms with Gasteiger partial charge in [-0.3, -0.25) is 4.79 Å². The smallest absolute Gasteiger partial charge is 0.407 e. The molecule has 0 radical (unpaired) electrons. The molecule has 1 aliphatic carbocycles. The molecule has 0 aliphatic heterocycles. The summed E-state index contributed by atoms with van der Waals surface area (Å²) in [7, 11) is 2.71. The van der Waals surface area contributed by atoms with Crippen molar-refractivity contribution >= 4 is 18.0 Å². The SMILES string of the molecule is COCC(NC(=O)[C@@H](NC(=O)OCC1c2ccccc2-c2ccccc21)[C@@H](C)OC)C(=O)O. The Morgan fingerprint density at radius 3 is 2.06 bits per heavy atom. The molecule has 176 valence electrons. The fraction of sp³-hybridized carbons (Fsp3) is 0.375. The zero-order valence-electron chi connectivity index (χ0n) is 18.7. The van der Waals surface area contributed by atoms with Crippen LogP contribution in [0.3, 0.4) is 0 Å². The first kappa shape index (κ1) is 24.2. The van der Waals surface area contributed by atoms with E-state index >= 15 is 0 Å². The number of amides is 2. The average molecular weight is 456 g/mol. The van der Waals surface area contributed by atoms with E-state index in [2.05, 4.69) is 10.6 Å². The zero-order chi connectivity index (χ0) is 24.0. The molecule has 1 unspecified atom stereocenters. The molecule has 2 aromatic rings. The van der Waals surface area contributed by atoms with Gasteiger partial charge in [0.15, 0.2) is 6.04 Å². The number of alkyl carbamates (subject to hydrolysis) is 1. The molecule has 0 bridgehead atoms. The fourth-order valence-electron chi connectivity index (χ4n) is 3.90. The van der Waals surface area contributed by atoms with Gasteiger partial charge in [0, 0.05) is 20.1 Å². The van der Waals surface area contributed by atoms with Crippen LogP contribution >= 0.6 is 0 Å². The van der Waals surface area contributed by atoms with Gasteiger partial charge in [0.05, 0.1) is 12.7 Å². The van der Waals surface area contributed by atoms with Crippen LogP contribution in [0.15, 0.2) is 48.5 Å². The van der Waals surface area contributed by atoms with E-state index in [4.69, 9.17) is 14.2 Å². The number of hydrogen-bond acceptors (Lipinski definition) is 6. The van der Waals surface area contributed by atoms with Gasteiger partial charge >= 0.3 is 12.1 Å². The van der Waals surface area contributed by atoms with Crippen LogP contribution in [0.5, 0.6) is 0 Å². The lowest BCUT2D eigenvalue weighted by molar-refractivity contribution is -0.144. The minimum Gasteiger partial charge on any atom is -0.480 e. The number of benzene rings is 2. The molecule has 9 heteroatoms. The summed E-state index contributed by atoms with van der Waals surface area (Å²) in [4.78, 5) is 36.6. The molecule has 0 heterocycles. The van der Waals surface area contributed by atoms with Crippen molar-refractivity contribution < 1.29 is 33.7 Å². The summed E-state index contributed by atoms with van der Waals surface area (Å²) in [6.45, 7) is 1.44. The second kappa shape index (κ2) is 10.9. The Balaban J connectivity index is 1.68. The van der Waals surface area contributed by atoms with Crippen LogP contribution in [0.1, 0.15) is 24.0 Å². The van der Waals surface area contributed by atoms with Crippen molar-refractivity contribution in [1.82, 2.24) is 10.6 Å². The van der Waals surface area contributed by atoms with Gasteiger partial charge in [0.2, 0.25) is 5.91 Å². The first-order chi connectivity index (χ1) is 15.9. The van der Waals surface area contributed by atoms with Crippen LogP contribution in [-0.4, -0.2) is 68.7 Å². The molecule has 1 aliphatic rings. The lowest BCUT2D eigenvalue weighted by atomic mass is 9.98. The maximum absolute atomic E-state index is 12.7. The molecule has 2 amide bonds. The van der Waals surface area contributed by atoms with Crippen molar-refractivity contribution in [3.8, 4) is 11.1 Å². The molecular weight excluding hydrogens is 428 g/mol. The van der Waals surface area contributed by atoms with E-state index in [1.807, 2.05) is 48.5 Å². The monoisotopic (exact) mass is 456 g/mol. The Hall–Kier alpha value is -3.43. The Bertz CT molecular complexity index is 964. The minimum atomic E-state index is -1.27. The van der Waals surface area contributed by atoms with Crippen molar-refractivity contribution in [2.75, 3.05) is 27.4 Å². The van der Waals surface area contributed by atoms with Crippen LogP contribution in [-0.2, 0) is 23.8 Å². The summed E-state index contributed by atoms with van der Waals surface area (Å²) in [6, 6.07) is 13.5. The Morgan fingerprint density at radius 1 is 0.970 bits per heavy atom. The summed E-state index contributed by atoms with van der Waals surface area (Å²) in [6.07, 6.45) is -1.54. The van der Waals surface area contributed by atoms with Crippen molar-refractivity contribution in [1.29, 1.82) is 0 Å². The summed E-state index contributed by atoms with van der Waals surface area (Å²) in [5.41, 5.74) is 4.33. The van der Waals surface area contributed by atoms with Crippen LogP contribution in [0.25, 0.3) is 11.1 Å². The van der Waals surface area contributed by atoms with Crippen molar-refractivity contribution in [2.24, 2.45) is 0 Å². The van der Waals surface area contributed by atoms with Crippen LogP contribution < -0.4 is 10.6 Å². The Labute approximate surface area is 192 Å². The van der Waals surface area contributed by atoms with Gasteiger partial charge in [-0.1, -0.05) is 48.5 Å². The maximum Gasteiger partial charge on any atom is 0.407 e. The summed E-state index contributed by atoms with van der Waals surface area (Å²) in [5, 5.41) is 14.1. The van der Waals surface area contributed by atoms with Crippen molar-refractivity contribution in [2.45, 2.75) is 31.0 Å². The first-order valence-electron chi connectivity index (χ1n) is 10.5. The van der Waals surface area contributed by atoms with E-state index in [9.17, 15) is 19.5 Å². The van der Waals surface area contributed by atoms with Gasteiger partial charge < -0.3 is 30.0 Å². The van der Waals surface area contributed by atoms with Gasteiger partial charge in [-0.2, -0.15) is 0 Å². The zero-order valence-corrected chi connectivity index (χ0v) is 18.7. The lowest BCUT2D eigenvalue weighted by Crippen LogP contribution is -2.57. The highest BCUT2D eigenvalue weighted by atomic mass is 16.5. The third kappa shape index (κ3) is 5.50. The van der Waals surface area contributed by atoms with Gasteiger partial charge in [-0.15, -0.1) is 0 Å². The van der Waals surface area contributed by atoms with Gasteiger partial charge in [-0.25, -0.2) is 9.59 Å². The van der Waals surface area contributed by atoms with Gasteiger partial charge in [0.1, 0.15) is 12.6 Å². The fourth-order valence-corrected chi connectivity index (χ4v) is 3.90. The highest BCUT2D eigenvalue weighted by Crippen LogP contribution is 2.44. The number of aliphatic carboxylic acids is 1. The quantitative estimate of drug-likeness (QED) is 0.501. The highest BCUT2D eigenvalue weighted by Gasteiger charge is 2.33. The Morgan fingerprint density at radius 2 is 1.55 bits per heavy atom. The predicted octanol–water partition coefficient (Wildman–Crippen LogP) is 2.14. The van der Waals surface area contributed by atoms with E-state index in [-0.39, 0.29) is 19.1 Å². The molecule has 0 saturated carbocycles. The van der Waals surface area contributed by atoms with Crippen molar-refractivity contribution in [3.05, 3.63) is 59.7 Å². The average Bonchev–Trinajstić information content (AvgIpc) is 3.14. The second-order valence-corrected chi connectivity index (χ2v) is 7.74. The molecule has 3 atom stereocenters. The number of methoxy groups -OCH3 is 2. The summed E-state index contributed by atoms with van der Waals surface area (Å²) in [5.74, 6) is -2.11. The summed E-state index contributed by atoms with van der Waals surface area (Å²) < 4.78 is 15.5. The van der Waals surface area contributed by atoms with E-state index in [1.54, 1.807) is 6.92 Å². The minimum absolute atomic E-state index is 0.0803. The molecule has 0 saturated heterocycles. The summed E-state index contributed by atoms with van der Waals surface area (Å²) >= 11 is 0. The van der Waals surface area contributed by atoms with Crippen LogP contribution in [0.2, 0.25) is 0 Å². The number of fused-ring (bicyclic) bond motifs is 3. The standard InChI is InChI=1S/C24H28N2O7/c1-14(32-3)21(22(27)25-20(13-31-2)23(28)29)26-24(30)33-12-19-17-10-6-4-8-15(17)16-9-5-7-11-18(16)19/h4-11,14,19-21H,12-13H2,1-3H3,(H,25,27)(H,26,30)(H,28,29)/t14-,20?,21+/m1/s1.